The maximum Gasteiger partial charge on any atom is 0.241 e. The van der Waals surface area contributed by atoms with E-state index in [4.69, 9.17) is 0 Å². The number of hydrogen-bond donors (Lipinski definition) is 2. The molecule has 0 unspecified atom stereocenters. The smallest absolute Gasteiger partial charge is 0.241 e. The van der Waals surface area contributed by atoms with Gasteiger partial charge in [0.25, 0.3) is 0 Å². The lowest BCUT2D eigenvalue weighted by Crippen LogP contribution is -2.54. The second-order valence-electron chi connectivity index (χ2n) is 4.65. The van der Waals surface area contributed by atoms with E-state index in [0.717, 1.165) is 30.5 Å². The van der Waals surface area contributed by atoms with Gasteiger partial charge < -0.3 is 5.32 Å². The summed E-state index contributed by atoms with van der Waals surface area (Å²) in [5, 5.41) is 5.27. The zero-order chi connectivity index (χ0) is 13.9. The molecular weight excluding hydrogens is 272 g/mol. The highest BCUT2D eigenvalue weighted by molar-refractivity contribution is 7.89. The van der Waals surface area contributed by atoms with Gasteiger partial charge in [-0.1, -0.05) is 0 Å². The van der Waals surface area contributed by atoms with Crippen LogP contribution < -0.4 is 10.6 Å². The Labute approximate surface area is 112 Å². The van der Waals surface area contributed by atoms with Crippen LogP contribution in [0.3, 0.4) is 0 Å². The van der Waals surface area contributed by atoms with Crippen molar-refractivity contribution < 1.29 is 18.0 Å². The molecule has 2 amide bonds. The fraction of sp³-hybridized carbons (Fsp3) is 0.800. The molecule has 8 nitrogen and oxygen atoms in total. The van der Waals surface area contributed by atoms with Gasteiger partial charge in [-0.05, 0) is 0 Å². The number of amides is 2. The Hall–Kier alpha value is -1.03. The van der Waals surface area contributed by atoms with Crippen molar-refractivity contribution in [2.24, 2.45) is 0 Å². The second-order valence-corrected chi connectivity index (χ2v) is 6.74. The quantitative estimate of drug-likeness (QED) is 0.542. The molecule has 0 aliphatic carbocycles. The van der Waals surface area contributed by atoms with Gasteiger partial charge in [0.15, 0.2) is 0 Å². The van der Waals surface area contributed by atoms with Crippen LogP contribution in [0.1, 0.15) is 0 Å². The first kappa shape index (κ1) is 14.4. The van der Waals surface area contributed by atoms with Crippen LogP contribution in [0.15, 0.2) is 0 Å². The van der Waals surface area contributed by atoms with E-state index in [2.05, 4.69) is 15.5 Å². The maximum atomic E-state index is 12.1. The number of sulfonamides is 1. The Morgan fingerprint density at radius 3 is 2.21 bits per heavy atom. The van der Waals surface area contributed by atoms with Crippen molar-refractivity contribution in [2.45, 2.75) is 0 Å². The molecule has 0 saturated carbocycles. The van der Waals surface area contributed by atoms with Gasteiger partial charge in [-0.15, -0.1) is 0 Å². The summed E-state index contributed by atoms with van der Waals surface area (Å²) in [5.41, 5.74) is 0. The predicted molar refractivity (Wildman–Crippen MR) is 67.8 cm³/mol. The normalized spacial score (nSPS) is 23.4. The fourth-order valence-electron chi connectivity index (χ4n) is 2.12. The monoisotopic (exact) mass is 290 g/mol. The second kappa shape index (κ2) is 5.95. The molecule has 19 heavy (non-hydrogen) atoms. The van der Waals surface area contributed by atoms with E-state index in [1.54, 1.807) is 0 Å². The van der Waals surface area contributed by atoms with Crippen LogP contribution in [0, 0.1) is 0 Å². The van der Waals surface area contributed by atoms with E-state index < -0.39 is 21.8 Å². The van der Waals surface area contributed by atoms with Crippen LogP contribution in [0.4, 0.5) is 0 Å². The molecule has 0 radical (unpaired) electrons. The highest BCUT2D eigenvalue weighted by Gasteiger charge is 2.31. The molecule has 9 heteroatoms. The van der Waals surface area contributed by atoms with Gasteiger partial charge >= 0.3 is 0 Å². The molecule has 2 rings (SSSR count). The van der Waals surface area contributed by atoms with Crippen LogP contribution in [-0.2, 0) is 19.6 Å². The minimum Gasteiger partial charge on any atom is -0.314 e. The van der Waals surface area contributed by atoms with Gasteiger partial charge in [-0.3, -0.25) is 19.8 Å². The SMILES string of the molecule is O=C1CN(S(=O)(=O)CCN2CCNCC2)CC(=O)N1. The van der Waals surface area contributed by atoms with Crippen LogP contribution in [-0.4, -0.2) is 81.0 Å². The first-order chi connectivity index (χ1) is 8.97. The molecular formula is C10H18N4O4S. The molecule has 0 aromatic carbocycles. The van der Waals surface area contributed by atoms with E-state index >= 15 is 0 Å². The predicted octanol–water partition coefficient (Wildman–Crippen LogP) is -2.82. The average Bonchev–Trinajstić information content (AvgIpc) is 2.37. The number of imide groups is 1. The number of rotatable bonds is 4. The van der Waals surface area contributed by atoms with Gasteiger partial charge in [0, 0.05) is 32.7 Å². The summed E-state index contributed by atoms with van der Waals surface area (Å²) in [6, 6.07) is 0. The average molecular weight is 290 g/mol. The van der Waals surface area contributed by atoms with Crippen LogP contribution in [0.2, 0.25) is 0 Å². The number of piperazine rings is 2. The van der Waals surface area contributed by atoms with Gasteiger partial charge in [0.05, 0.1) is 18.8 Å². The lowest BCUT2D eigenvalue weighted by Gasteiger charge is -2.29. The lowest BCUT2D eigenvalue weighted by molar-refractivity contribution is -0.134. The first-order valence-corrected chi connectivity index (χ1v) is 7.82. The number of carbonyl (C=O) groups excluding carboxylic acids is 2. The maximum absolute atomic E-state index is 12.1. The van der Waals surface area contributed by atoms with Crippen molar-refractivity contribution >= 4 is 21.8 Å². The number of carbonyl (C=O) groups is 2. The van der Waals surface area contributed by atoms with Crippen LogP contribution >= 0.6 is 0 Å². The van der Waals surface area contributed by atoms with Crippen LogP contribution in [0.25, 0.3) is 0 Å². The highest BCUT2D eigenvalue weighted by Crippen LogP contribution is 2.05. The Balaban J connectivity index is 1.90. The number of nitrogens with one attached hydrogen (secondary N) is 2. The molecule has 0 aromatic rings. The third kappa shape index (κ3) is 3.96. The molecule has 0 aromatic heterocycles. The fourth-order valence-corrected chi connectivity index (χ4v) is 3.49. The number of hydrogen-bond acceptors (Lipinski definition) is 6. The minimum atomic E-state index is -3.56. The summed E-state index contributed by atoms with van der Waals surface area (Å²) in [4.78, 5) is 24.4. The third-order valence-corrected chi connectivity index (χ3v) is 4.93. The summed E-state index contributed by atoms with van der Waals surface area (Å²) in [5.74, 6) is -1.20. The summed E-state index contributed by atoms with van der Waals surface area (Å²) >= 11 is 0. The molecule has 2 saturated heterocycles. The van der Waals surface area contributed by atoms with E-state index in [-0.39, 0.29) is 18.8 Å². The molecule has 0 spiro atoms. The largest absolute Gasteiger partial charge is 0.314 e. The minimum absolute atomic E-state index is 0.0619. The van der Waals surface area contributed by atoms with E-state index in [1.807, 2.05) is 0 Å². The third-order valence-electron chi connectivity index (χ3n) is 3.19. The molecule has 0 bridgehead atoms. The highest BCUT2D eigenvalue weighted by atomic mass is 32.2. The van der Waals surface area contributed by atoms with Crippen molar-refractivity contribution in [1.82, 2.24) is 19.8 Å². The molecule has 2 fully saturated rings. The Morgan fingerprint density at radius 1 is 1.05 bits per heavy atom. The summed E-state index contributed by atoms with van der Waals surface area (Å²) < 4.78 is 25.1. The summed E-state index contributed by atoms with van der Waals surface area (Å²) in [7, 11) is -3.56. The zero-order valence-corrected chi connectivity index (χ0v) is 11.4. The van der Waals surface area contributed by atoms with E-state index in [1.165, 1.54) is 0 Å². The topological polar surface area (TPSA) is 98.8 Å². The van der Waals surface area contributed by atoms with Crippen molar-refractivity contribution in [2.75, 3.05) is 51.6 Å². The molecule has 2 aliphatic rings. The van der Waals surface area contributed by atoms with Crippen molar-refractivity contribution in [3.05, 3.63) is 0 Å². The van der Waals surface area contributed by atoms with Crippen molar-refractivity contribution in [1.29, 1.82) is 0 Å². The standard InChI is InChI=1S/C10H18N4O4S/c15-9-7-14(8-10(16)12-9)19(17,18)6-5-13-3-1-11-2-4-13/h11H,1-8H2,(H,12,15,16). The Morgan fingerprint density at radius 2 is 1.63 bits per heavy atom. The van der Waals surface area contributed by atoms with Crippen LogP contribution in [0.5, 0.6) is 0 Å². The first-order valence-electron chi connectivity index (χ1n) is 6.21. The van der Waals surface area contributed by atoms with Crippen molar-refractivity contribution in [3.63, 3.8) is 0 Å². The van der Waals surface area contributed by atoms with E-state index in [0.29, 0.717) is 6.54 Å². The van der Waals surface area contributed by atoms with Crippen molar-refractivity contribution in [3.8, 4) is 0 Å². The Bertz CT molecular complexity index is 442. The molecule has 2 aliphatic heterocycles. The van der Waals surface area contributed by atoms with E-state index in [9.17, 15) is 18.0 Å². The summed E-state index contributed by atoms with van der Waals surface area (Å²) in [6.45, 7) is 3.22. The zero-order valence-electron chi connectivity index (χ0n) is 10.6. The molecule has 2 N–H and O–H groups in total. The Kier molecular flexibility index (Phi) is 4.50. The van der Waals surface area contributed by atoms with Gasteiger partial charge in [0.1, 0.15) is 0 Å². The molecule has 0 atom stereocenters. The lowest BCUT2D eigenvalue weighted by atomic mass is 10.4. The molecule has 108 valence electrons. The van der Waals surface area contributed by atoms with Gasteiger partial charge in [-0.25, -0.2) is 8.42 Å². The van der Waals surface area contributed by atoms with Gasteiger partial charge in [-0.2, -0.15) is 4.31 Å². The molecule has 2 heterocycles. The van der Waals surface area contributed by atoms with Gasteiger partial charge in [0.2, 0.25) is 21.8 Å². The number of nitrogens with zero attached hydrogens (tertiary/aromatic N) is 2. The summed E-state index contributed by atoms with van der Waals surface area (Å²) in [6.07, 6.45) is 0.